The van der Waals surface area contributed by atoms with Gasteiger partial charge in [-0.3, -0.25) is 14.9 Å². The standard InChI is InChI=1S/C15H20N2O4/c1-14(2,15(3,4)19)16-13(18)10-9-11-7-5-6-8-12(11)17(20)21/h5-10,19H,1-4H3,(H,16,18)/b10-9+. The van der Waals surface area contributed by atoms with Crippen LogP contribution < -0.4 is 5.32 Å². The molecule has 0 aliphatic rings. The average molecular weight is 292 g/mol. The average Bonchev–Trinajstić information content (AvgIpc) is 2.34. The van der Waals surface area contributed by atoms with Gasteiger partial charge in [0.15, 0.2) is 0 Å². The summed E-state index contributed by atoms with van der Waals surface area (Å²) < 4.78 is 0. The molecule has 0 bridgehead atoms. The van der Waals surface area contributed by atoms with E-state index >= 15 is 0 Å². The van der Waals surface area contributed by atoms with Crippen LogP contribution >= 0.6 is 0 Å². The van der Waals surface area contributed by atoms with Gasteiger partial charge in [-0.1, -0.05) is 12.1 Å². The first-order valence-electron chi connectivity index (χ1n) is 6.50. The topological polar surface area (TPSA) is 92.5 Å². The van der Waals surface area contributed by atoms with Crippen LogP contribution in [0.15, 0.2) is 30.3 Å². The van der Waals surface area contributed by atoms with E-state index in [2.05, 4.69) is 5.32 Å². The zero-order valence-electron chi connectivity index (χ0n) is 12.6. The second-order valence-corrected chi connectivity index (χ2v) is 5.82. The maximum Gasteiger partial charge on any atom is 0.276 e. The van der Waals surface area contributed by atoms with Gasteiger partial charge in [0.25, 0.3) is 5.69 Å². The molecular weight excluding hydrogens is 272 g/mol. The number of benzene rings is 1. The fourth-order valence-electron chi connectivity index (χ4n) is 1.46. The summed E-state index contributed by atoms with van der Waals surface area (Å²) in [6.45, 7) is 6.59. The molecular formula is C15H20N2O4. The highest BCUT2D eigenvalue weighted by molar-refractivity contribution is 5.92. The normalized spacial score (nSPS) is 12.4. The molecule has 0 fully saturated rings. The molecule has 1 aromatic carbocycles. The molecule has 0 spiro atoms. The van der Waals surface area contributed by atoms with E-state index in [4.69, 9.17) is 0 Å². The second-order valence-electron chi connectivity index (χ2n) is 5.82. The van der Waals surface area contributed by atoms with Gasteiger partial charge in [0.1, 0.15) is 0 Å². The van der Waals surface area contributed by atoms with E-state index in [0.717, 1.165) is 0 Å². The van der Waals surface area contributed by atoms with Crippen LogP contribution in [0.25, 0.3) is 6.08 Å². The van der Waals surface area contributed by atoms with Gasteiger partial charge >= 0.3 is 0 Å². The Morgan fingerprint density at radius 1 is 1.29 bits per heavy atom. The Hall–Kier alpha value is -2.21. The Balaban J connectivity index is 2.88. The van der Waals surface area contributed by atoms with Crippen LogP contribution in [0.5, 0.6) is 0 Å². The molecule has 6 nitrogen and oxygen atoms in total. The Bertz CT molecular complexity index is 571. The number of hydrogen-bond acceptors (Lipinski definition) is 4. The number of para-hydroxylation sites is 1. The van der Waals surface area contributed by atoms with Crippen LogP contribution in [-0.2, 0) is 4.79 Å². The Morgan fingerprint density at radius 2 is 1.86 bits per heavy atom. The number of carbonyl (C=O) groups is 1. The van der Waals surface area contributed by atoms with Gasteiger partial charge < -0.3 is 10.4 Å². The number of aliphatic hydroxyl groups is 1. The fourth-order valence-corrected chi connectivity index (χ4v) is 1.46. The third-order valence-corrected chi connectivity index (χ3v) is 3.51. The van der Waals surface area contributed by atoms with Crippen molar-refractivity contribution < 1.29 is 14.8 Å². The minimum Gasteiger partial charge on any atom is -0.388 e. The summed E-state index contributed by atoms with van der Waals surface area (Å²) in [5.74, 6) is -0.430. The van der Waals surface area contributed by atoms with Crippen LogP contribution in [0, 0.1) is 10.1 Å². The molecule has 0 saturated carbocycles. The van der Waals surface area contributed by atoms with E-state index in [-0.39, 0.29) is 5.69 Å². The van der Waals surface area contributed by atoms with Crippen LogP contribution in [0.2, 0.25) is 0 Å². The molecule has 6 heteroatoms. The summed E-state index contributed by atoms with van der Waals surface area (Å²) in [6.07, 6.45) is 2.60. The first-order valence-corrected chi connectivity index (χ1v) is 6.50. The molecule has 0 saturated heterocycles. The quantitative estimate of drug-likeness (QED) is 0.494. The fraction of sp³-hybridized carbons (Fsp3) is 0.400. The van der Waals surface area contributed by atoms with E-state index in [1.807, 2.05) is 0 Å². The predicted molar refractivity (Wildman–Crippen MR) is 80.6 cm³/mol. The summed E-state index contributed by atoms with van der Waals surface area (Å²) >= 11 is 0. The van der Waals surface area contributed by atoms with Crippen molar-refractivity contribution in [1.82, 2.24) is 5.32 Å². The zero-order chi connectivity index (χ0) is 16.3. The molecule has 0 unspecified atom stereocenters. The van der Waals surface area contributed by atoms with E-state index in [1.165, 1.54) is 18.2 Å². The van der Waals surface area contributed by atoms with Gasteiger partial charge in [0.05, 0.1) is 21.6 Å². The van der Waals surface area contributed by atoms with Gasteiger partial charge in [-0.25, -0.2) is 0 Å². The molecule has 0 atom stereocenters. The van der Waals surface area contributed by atoms with Crippen molar-refractivity contribution in [1.29, 1.82) is 0 Å². The van der Waals surface area contributed by atoms with Crippen molar-refractivity contribution in [3.05, 3.63) is 46.0 Å². The molecule has 1 amide bonds. The first-order chi connectivity index (χ1) is 9.54. The van der Waals surface area contributed by atoms with Crippen LogP contribution in [0.4, 0.5) is 5.69 Å². The maximum absolute atomic E-state index is 11.9. The number of nitro benzene ring substituents is 1. The molecule has 114 valence electrons. The maximum atomic E-state index is 11.9. The van der Waals surface area contributed by atoms with Gasteiger partial charge in [0, 0.05) is 12.1 Å². The van der Waals surface area contributed by atoms with Gasteiger partial charge in [0.2, 0.25) is 5.91 Å². The van der Waals surface area contributed by atoms with Crippen LogP contribution in [0.3, 0.4) is 0 Å². The molecule has 0 aliphatic heterocycles. The molecule has 0 radical (unpaired) electrons. The van der Waals surface area contributed by atoms with Crippen molar-refractivity contribution in [3.8, 4) is 0 Å². The minimum atomic E-state index is -1.10. The summed E-state index contributed by atoms with van der Waals surface area (Å²) in [5.41, 5.74) is -1.66. The van der Waals surface area contributed by atoms with Crippen molar-refractivity contribution in [2.45, 2.75) is 38.8 Å². The number of nitrogens with zero attached hydrogens (tertiary/aromatic N) is 1. The predicted octanol–water partition coefficient (Wildman–Crippen LogP) is 2.27. The van der Waals surface area contributed by atoms with Crippen molar-refractivity contribution >= 4 is 17.7 Å². The summed E-state index contributed by atoms with van der Waals surface area (Å²) in [6, 6.07) is 6.15. The summed E-state index contributed by atoms with van der Waals surface area (Å²) in [7, 11) is 0. The molecule has 1 aromatic rings. The van der Waals surface area contributed by atoms with E-state index in [0.29, 0.717) is 5.56 Å². The number of hydrogen-bond donors (Lipinski definition) is 2. The molecule has 21 heavy (non-hydrogen) atoms. The minimum absolute atomic E-state index is 0.0664. The lowest BCUT2D eigenvalue weighted by molar-refractivity contribution is -0.385. The molecule has 1 rings (SSSR count). The Labute approximate surface area is 123 Å². The molecule has 0 heterocycles. The van der Waals surface area contributed by atoms with E-state index in [1.54, 1.807) is 45.9 Å². The van der Waals surface area contributed by atoms with Crippen LogP contribution in [0.1, 0.15) is 33.3 Å². The zero-order valence-corrected chi connectivity index (χ0v) is 12.6. The summed E-state index contributed by atoms with van der Waals surface area (Å²) in [5, 5.41) is 23.5. The van der Waals surface area contributed by atoms with Gasteiger partial charge in [-0.15, -0.1) is 0 Å². The molecule has 0 aliphatic carbocycles. The Kier molecular flexibility index (Phi) is 4.85. The first kappa shape index (κ1) is 16.8. The lowest BCUT2D eigenvalue weighted by atomic mass is 9.86. The lowest BCUT2D eigenvalue weighted by Gasteiger charge is -2.37. The lowest BCUT2D eigenvalue weighted by Crippen LogP contribution is -2.57. The monoisotopic (exact) mass is 292 g/mol. The highest BCUT2D eigenvalue weighted by Crippen LogP contribution is 2.21. The second kappa shape index (κ2) is 6.05. The highest BCUT2D eigenvalue weighted by Gasteiger charge is 2.35. The smallest absolute Gasteiger partial charge is 0.276 e. The third-order valence-electron chi connectivity index (χ3n) is 3.51. The summed E-state index contributed by atoms with van der Waals surface area (Å²) in [4.78, 5) is 22.2. The van der Waals surface area contributed by atoms with Crippen molar-refractivity contribution in [2.24, 2.45) is 0 Å². The number of carbonyl (C=O) groups excluding carboxylic acids is 1. The SMILES string of the molecule is CC(C)(O)C(C)(C)NC(=O)/C=C/c1ccccc1[N+](=O)[O-]. The number of amides is 1. The van der Waals surface area contributed by atoms with Crippen LogP contribution in [-0.4, -0.2) is 27.1 Å². The third kappa shape index (κ3) is 4.39. The van der Waals surface area contributed by atoms with Crippen molar-refractivity contribution in [3.63, 3.8) is 0 Å². The van der Waals surface area contributed by atoms with Gasteiger partial charge in [-0.2, -0.15) is 0 Å². The van der Waals surface area contributed by atoms with E-state index < -0.39 is 22.0 Å². The number of rotatable bonds is 5. The largest absolute Gasteiger partial charge is 0.388 e. The van der Waals surface area contributed by atoms with Crippen molar-refractivity contribution in [2.75, 3.05) is 0 Å². The number of nitrogens with one attached hydrogen (secondary N) is 1. The molecule has 2 N–H and O–H groups in total. The highest BCUT2D eigenvalue weighted by atomic mass is 16.6. The number of nitro groups is 1. The van der Waals surface area contributed by atoms with Gasteiger partial charge in [-0.05, 0) is 39.8 Å². The Morgan fingerprint density at radius 3 is 2.38 bits per heavy atom. The van der Waals surface area contributed by atoms with E-state index in [9.17, 15) is 20.0 Å². The molecule has 0 aromatic heterocycles.